The summed E-state index contributed by atoms with van der Waals surface area (Å²) in [4.78, 5) is 15.4. The first-order valence-electron chi connectivity index (χ1n) is 6.89. The van der Waals surface area contributed by atoms with Crippen LogP contribution in [0.3, 0.4) is 0 Å². The van der Waals surface area contributed by atoms with E-state index in [0.29, 0.717) is 24.8 Å². The van der Waals surface area contributed by atoms with Crippen molar-refractivity contribution >= 4 is 5.91 Å². The lowest BCUT2D eigenvalue weighted by atomic mass is 10.1. The number of hydrogen-bond donors (Lipinski definition) is 1. The van der Waals surface area contributed by atoms with E-state index in [2.05, 4.69) is 24.1 Å². The van der Waals surface area contributed by atoms with E-state index in [1.165, 1.54) is 0 Å². The number of aromatic nitrogens is 1. The molecule has 1 amide bonds. The van der Waals surface area contributed by atoms with Gasteiger partial charge in [-0.25, -0.2) is 4.98 Å². The molecule has 4 heteroatoms. The molecule has 1 atom stereocenters. The number of nitrogens with one attached hydrogen (secondary N) is 1. The predicted octanol–water partition coefficient (Wildman–Crippen LogP) is 2.92. The van der Waals surface area contributed by atoms with Crippen molar-refractivity contribution in [1.29, 1.82) is 0 Å². The predicted molar refractivity (Wildman–Crippen MR) is 75.9 cm³/mol. The van der Waals surface area contributed by atoms with Gasteiger partial charge in [0.25, 0.3) is 0 Å². The molecule has 0 radical (unpaired) electrons. The molecule has 1 N–H and O–H groups in total. The Balaban J connectivity index is 2.54. The lowest BCUT2D eigenvalue weighted by Gasteiger charge is -2.16. The van der Waals surface area contributed by atoms with Crippen LogP contribution in [0.4, 0.5) is 0 Å². The van der Waals surface area contributed by atoms with E-state index in [0.717, 1.165) is 12.0 Å². The summed E-state index contributed by atoms with van der Waals surface area (Å²) in [5.41, 5.74) is 1.00. The van der Waals surface area contributed by atoms with E-state index in [4.69, 9.17) is 4.74 Å². The molecule has 0 aliphatic carbocycles. The molecule has 4 nitrogen and oxygen atoms in total. The number of carbonyl (C=O) groups is 1. The van der Waals surface area contributed by atoms with Crippen LogP contribution in [0.25, 0.3) is 0 Å². The highest BCUT2D eigenvalue weighted by atomic mass is 16.5. The first kappa shape index (κ1) is 15.5. The van der Waals surface area contributed by atoms with Crippen LogP contribution in [0.5, 0.6) is 5.88 Å². The van der Waals surface area contributed by atoms with Crippen LogP contribution in [0, 0.1) is 5.92 Å². The highest BCUT2D eigenvalue weighted by Crippen LogP contribution is 2.14. The molecule has 0 fully saturated rings. The third-order valence-corrected chi connectivity index (χ3v) is 2.74. The van der Waals surface area contributed by atoms with E-state index in [1.54, 1.807) is 6.20 Å². The second kappa shape index (κ2) is 7.77. The molecule has 1 heterocycles. The normalized spacial score (nSPS) is 12.3. The second-order valence-corrected chi connectivity index (χ2v) is 5.19. The van der Waals surface area contributed by atoms with Gasteiger partial charge in [0.1, 0.15) is 0 Å². The van der Waals surface area contributed by atoms with E-state index in [9.17, 15) is 4.79 Å². The minimum Gasteiger partial charge on any atom is -0.475 e. The number of carbonyl (C=O) groups excluding carboxylic acids is 1. The van der Waals surface area contributed by atoms with Gasteiger partial charge in [-0.2, -0.15) is 0 Å². The zero-order chi connectivity index (χ0) is 14.3. The average Bonchev–Trinajstić information content (AvgIpc) is 2.35. The van der Waals surface area contributed by atoms with Crippen molar-refractivity contribution < 1.29 is 9.53 Å². The fourth-order valence-corrected chi connectivity index (χ4v) is 1.87. The number of amides is 1. The Labute approximate surface area is 115 Å². The third-order valence-electron chi connectivity index (χ3n) is 2.74. The fourth-order valence-electron chi connectivity index (χ4n) is 1.87. The first-order valence-corrected chi connectivity index (χ1v) is 6.89. The number of ether oxygens (including phenoxy) is 1. The fraction of sp³-hybridized carbons (Fsp3) is 0.600. The topological polar surface area (TPSA) is 51.2 Å². The Bertz CT molecular complexity index is 405. The lowest BCUT2D eigenvalue weighted by Crippen LogP contribution is -2.21. The molecule has 1 rings (SSSR count). The molecule has 0 saturated heterocycles. The quantitative estimate of drug-likeness (QED) is 0.823. The maximum atomic E-state index is 11.2. The number of rotatable bonds is 7. The molecule has 0 spiro atoms. The summed E-state index contributed by atoms with van der Waals surface area (Å²) in [5.74, 6) is 1.27. The molecular formula is C15H24N2O2. The van der Waals surface area contributed by atoms with Crippen molar-refractivity contribution in [2.24, 2.45) is 5.92 Å². The minimum absolute atomic E-state index is 0.0486. The van der Waals surface area contributed by atoms with Crippen molar-refractivity contribution in [1.82, 2.24) is 10.3 Å². The zero-order valence-electron chi connectivity index (χ0n) is 12.3. The van der Waals surface area contributed by atoms with Crippen molar-refractivity contribution in [3.8, 4) is 5.88 Å². The van der Waals surface area contributed by atoms with Gasteiger partial charge in [0.2, 0.25) is 11.8 Å². The molecule has 1 aromatic heterocycles. The molecule has 0 aromatic carbocycles. The second-order valence-electron chi connectivity index (χ2n) is 5.19. The van der Waals surface area contributed by atoms with Crippen LogP contribution in [0.15, 0.2) is 18.3 Å². The molecular weight excluding hydrogens is 240 g/mol. The van der Waals surface area contributed by atoms with Crippen LogP contribution >= 0.6 is 0 Å². The van der Waals surface area contributed by atoms with E-state index < -0.39 is 0 Å². The monoisotopic (exact) mass is 264 g/mol. The van der Waals surface area contributed by atoms with Gasteiger partial charge in [0.15, 0.2) is 0 Å². The van der Waals surface area contributed by atoms with Crippen molar-refractivity contribution in [2.45, 2.75) is 53.2 Å². The van der Waals surface area contributed by atoms with Crippen LogP contribution in [0.1, 0.15) is 46.1 Å². The summed E-state index contributed by atoms with van der Waals surface area (Å²) in [6.07, 6.45) is 3.36. The van der Waals surface area contributed by atoms with Gasteiger partial charge in [-0.3, -0.25) is 4.79 Å². The smallest absolute Gasteiger partial charge is 0.219 e. The van der Waals surface area contributed by atoms with Crippen LogP contribution < -0.4 is 10.1 Å². The number of pyridine rings is 1. The molecule has 0 unspecified atom stereocenters. The van der Waals surface area contributed by atoms with Gasteiger partial charge in [-0.05, 0) is 30.9 Å². The molecule has 0 saturated carbocycles. The van der Waals surface area contributed by atoms with Gasteiger partial charge in [-0.15, -0.1) is 0 Å². The molecule has 0 aliphatic heterocycles. The van der Waals surface area contributed by atoms with Gasteiger partial charge in [-0.1, -0.05) is 20.8 Å². The maximum absolute atomic E-state index is 11.2. The van der Waals surface area contributed by atoms with Crippen LogP contribution in [0.2, 0.25) is 0 Å². The summed E-state index contributed by atoms with van der Waals surface area (Å²) in [5, 5.41) is 2.84. The highest BCUT2D eigenvalue weighted by molar-refractivity contribution is 5.75. The summed E-state index contributed by atoms with van der Waals surface area (Å²) >= 11 is 0. The largest absolute Gasteiger partial charge is 0.475 e. The Morgan fingerprint density at radius 1 is 1.42 bits per heavy atom. The molecule has 0 aliphatic rings. The minimum atomic E-state index is 0.0486. The summed E-state index contributed by atoms with van der Waals surface area (Å²) < 4.78 is 5.78. The van der Waals surface area contributed by atoms with Crippen molar-refractivity contribution in [2.75, 3.05) is 0 Å². The highest BCUT2D eigenvalue weighted by Gasteiger charge is 2.08. The summed E-state index contributed by atoms with van der Waals surface area (Å²) in [6.45, 7) is 8.75. The molecule has 1 aromatic rings. The number of nitrogens with zero attached hydrogens (tertiary/aromatic N) is 1. The third kappa shape index (κ3) is 6.22. The van der Waals surface area contributed by atoms with E-state index in [1.807, 2.05) is 26.0 Å². The van der Waals surface area contributed by atoms with Crippen LogP contribution in [-0.4, -0.2) is 17.0 Å². The van der Waals surface area contributed by atoms with Gasteiger partial charge >= 0.3 is 0 Å². The number of hydrogen-bond acceptors (Lipinski definition) is 3. The van der Waals surface area contributed by atoms with Gasteiger partial charge in [0, 0.05) is 25.2 Å². The Morgan fingerprint density at radius 3 is 2.79 bits per heavy atom. The zero-order valence-corrected chi connectivity index (χ0v) is 12.3. The van der Waals surface area contributed by atoms with Gasteiger partial charge < -0.3 is 10.1 Å². The van der Waals surface area contributed by atoms with E-state index >= 15 is 0 Å². The standard InChI is InChI=1S/C15H24N2O2/c1-5-14(18)17-10-13-6-7-16-15(9-13)19-12(4)8-11(2)3/h6-7,9,11-12H,5,8,10H2,1-4H3,(H,17,18)/t12-/m0/s1. The molecule has 19 heavy (non-hydrogen) atoms. The van der Waals surface area contributed by atoms with Gasteiger partial charge in [0.05, 0.1) is 6.10 Å². The lowest BCUT2D eigenvalue weighted by molar-refractivity contribution is -0.120. The Morgan fingerprint density at radius 2 is 2.16 bits per heavy atom. The average molecular weight is 264 g/mol. The van der Waals surface area contributed by atoms with Crippen LogP contribution in [-0.2, 0) is 11.3 Å². The molecule has 106 valence electrons. The SMILES string of the molecule is CCC(=O)NCc1ccnc(O[C@@H](C)CC(C)C)c1. The first-order chi connectivity index (χ1) is 9.01. The van der Waals surface area contributed by atoms with Crippen molar-refractivity contribution in [3.05, 3.63) is 23.9 Å². The summed E-state index contributed by atoms with van der Waals surface area (Å²) in [6, 6.07) is 3.77. The van der Waals surface area contributed by atoms with E-state index in [-0.39, 0.29) is 12.0 Å². The summed E-state index contributed by atoms with van der Waals surface area (Å²) in [7, 11) is 0. The maximum Gasteiger partial charge on any atom is 0.219 e. The Hall–Kier alpha value is -1.58. The molecule has 0 bridgehead atoms. The van der Waals surface area contributed by atoms with Crippen molar-refractivity contribution in [3.63, 3.8) is 0 Å². The Kier molecular flexibility index (Phi) is 6.33.